The number of para-hydroxylation sites is 1. The lowest BCUT2D eigenvalue weighted by molar-refractivity contribution is -0.130. The highest BCUT2D eigenvalue weighted by Gasteiger charge is 2.28. The highest BCUT2D eigenvalue weighted by atomic mass is 79.9. The fraction of sp³-hybridized carbons (Fsp3) is 0.304. The molecule has 31 heavy (non-hydrogen) atoms. The third-order valence-corrected chi connectivity index (χ3v) is 5.73. The highest BCUT2D eigenvalue weighted by Crippen LogP contribution is 2.28. The zero-order chi connectivity index (χ0) is 21.8. The Hall–Kier alpha value is -2.74. The van der Waals surface area contributed by atoms with Gasteiger partial charge in [0.05, 0.1) is 6.54 Å². The molecule has 3 aromatic rings. The van der Waals surface area contributed by atoms with Crippen LogP contribution in [0.15, 0.2) is 59.2 Å². The summed E-state index contributed by atoms with van der Waals surface area (Å²) in [6.45, 7) is -1.82. The minimum Gasteiger partial charge on any atom is -0.486 e. The van der Waals surface area contributed by atoms with Crippen molar-refractivity contribution >= 4 is 32.7 Å². The molecule has 1 unspecified atom stereocenters. The van der Waals surface area contributed by atoms with Crippen LogP contribution in [0.25, 0.3) is 10.9 Å². The summed E-state index contributed by atoms with van der Waals surface area (Å²) in [5, 5.41) is 1.00. The summed E-state index contributed by atoms with van der Waals surface area (Å²) in [5.74, 6) is 0.766. The van der Waals surface area contributed by atoms with Crippen LogP contribution in [0.5, 0.6) is 11.5 Å². The van der Waals surface area contributed by atoms with E-state index in [1.54, 1.807) is 23.2 Å². The molecule has 162 valence electrons. The van der Waals surface area contributed by atoms with Gasteiger partial charge in [0.2, 0.25) is 5.91 Å². The molecule has 2 heterocycles. The van der Waals surface area contributed by atoms with Crippen LogP contribution in [0.1, 0.15) is 18.4 Å². The minimum absolute atomic E-state index is 0.0369. The second kappa shape index (κ2) is 9.60. The number of halogens is 3. The van der Waals surface area contributed by atoms with Crippen molar-refractivity contribution in [3.05, 3.63) is 64.8 Å². The van der Waals surface area contributed by atoms with Crippen LogP contribution in [0.2, 0.25) is 0 Å². The number of nitrogens with zero attached hydrogens (tertiary/aromatic N) is 2. The first-order chi connectivity index (χ1) is 15.0. The van der Waals surface area contributed by atoms with Gasteiger partial charge in [-0.05, 0) is 42.3 Å². The number of aromatic nitrogens is 1. The molecule has 5 nitrogen and oxygen atoms in total. The van der Waals surface area contributed by atoms with Gasteiger partial charge in [0.1, 0.15) is 23.1 Å². The van der Waals surface area contributed by atoms with Crippen LogP contribution in [-0.2, 0) is 11.2 Å². The zero-order valence-electron chi connectivity index (χ0n) is 16.6. The first-order valence-corrected chi connectivity index (χ1v) is 10.8. The van der Waals surface area contributed by atoms with Gasteiger partial charge in [0.25, 0.3) is 0 Å². The Kier molecular flexibility index (Phi) is 6.65. The molecule has 8 heteroatoms. The topological polar surface area (TPSA) is 51.7 Å². The molecule has 1 aromatic heterocycles. The lowest BCUT2D eigenvalue weighted by Gasteiger charge is -2.18. The van der Waals surface area contributed by atoms with Crippen molar-refractivity contribution in [2.75, 3.05) is 13.1 Å². The van der Waals surface area contributed by atoms with Gasteiger partial charge < -0.3 is 14.4 Å². The standard InChI is InChI=1S/C23H21BrF2N2O3/c24-17-7-8-19(31-23(25)26)16(13-17)6-9-21(29)28-12-10-18(14-28)30-20-5-1-3-15-4-2-11-27-22(15)20/h1-5,7-8,11,13,18,23H,6,9-10,12,14H2. The van der Waals surface area contributed by atoms with Crippen molar-refractivity contribution in [1.29, 1.82) is 0 Å². The number of pyridine rings is 1. The largest absolute Gasteiger partial charge is 0.486 e. The average molecular weight is 491 g/mol. The van der Waals surface area contributed by atoms with Crippen molar-refractivity contribution in [2.45, 2.75) is 32.0 Å². The SMILES string of the molecule is O=C(CCc1cc(Br)ccc1OC(F)F)N1CCC(Oc2cccc3cccnc23)C1. The van der Waals surface area contributed by atoms with Crippen LogP contribution < -0.4 is 9.47 Å². The van der Waals surface area contributed by atoms with Crippen LogP contribution in [-0.4, -0.2) is 41.6 Å². The van der Waals surface area contributed by atoms with Gasteiger partial charge in [-0.25, -0.2) is 0 Å². The van der Waals surface area contributed by atoms with Gasteiger partial charge in [-0.15, -0.1) is 0 Å². The minimum atomic E-state index is -2.91. The zero-order valence-corrected chi connectivity index (χ0v) is 18.2. The van der Waals surface area contributed by atoms with E-state index in [1.807, 2.05) is 30.3 Å². The van der Waals surface area contributed by atoms with Crippen LogP contribution >= 0.6 is 15.9 Å². The molecule has 0 N–H and O–H groups in total. The van der Waals surface area contributed by atoms with E-state index in [1.165, 1.54) is 6.07 Å². The van der Waals surface area contributed by atoms with Gasteiger partial charge in [0, 0.05) is 35.4 Å². The number of carbonyl (C=O) groups is 1. The summed E-state index contributed by atoms with van der Waals surface area (Å²) in [4.78, 5) is 18.9. The molecule has 2 aromatic carbocycles. The van der Waals surface area contributed by atoms with Gasteiger partial charge in [0.15, 0.2) is 0 Å². The monoisotopic (exact) mass is 490 g/mol. The third kappa shape index (κ3) is 5.31. The number of benzene rings is 2. The normalized spacial score (nSPS) is 16.1. The number of rotatable bonds is 7. The molecular weight excluding hydrogens is 470 g/mol. The van der Waals surface area contributed by atoms with E-state index in [0.717, 1.165) is 21.8 Å². The number of alkyl halides is 2. The Morgan fingerprint density at radius 1 is 1.19 bits per heavy atom. The number of hydrogen-bond acceptors (Lipinski definition) is 4. The van der Waals surface area contributed by atoms with Crippen molar-refractivity contribution in [3.8, 4) is 11.5 Å². The molecule has 0 aliphatic carbocycles. The number of aryl methyl sites for hydroxylation is 1. The number of carbonyl (C=O) groups excluding carboxylic acids is 1. The van der Waals surface area contributed by atoms with Crippen molar-refractivity contribution in [2.24, 2.45) is 0 Å². The summed E-state index contributed by atoms with van der Waals surface area (Å²) < 4.78 is 36.7. The van der Waals surface area contributed by atoms with Crippen molar-refractivity contribution in [1.82, 2.24) is 9.88 Å². The van der Waals surface area contributed by atoms with Crippen LogP contribution in [0, 0.1) is 0 Å². The maximum atomic E-state index is 12.7. The number of amides is 1. The Balaban J connectivity index is 1.35. The lowest BCUT2D eigenvalue weighted by atomic mass is 10.1. The molecule has 1 amide bonds. The predicted octanol–water partition coefficient (Wildman–Crippen LogP) is 5.21. The lowest BCUT2D eigenvalue weighted by Crippen LogP contribution is -2.31. The smallest absolute Gasteiger partial charge is 0.387 e. The number of hydrogen-bond donors (Lipinski definition) is 0. The molecule has 0 saturated carbocycles. The maximum Gasteiger partial charge on any atom is 0.387 e. The van der Waals surface area contributed by atoms with E-state index in [9.17, 15) is 13.6 Å². The molecule has 1 saturated heterocycles. The molecule has 0 radical (unpaired) electrons. The van der Waals surface area contributed by atoms with E-state index in [-0.39, 0.29) is 24.2 Å². The van der Waals surface area contributed by atoms with E-state index in [0.29, 0.717) is 30.8 Å². The van der Waals surface area contributed by atoms with E-state index < -0.39 is 6.61 Å². The molecule has 0 bridgehead atoms. The first kappa shape index (κ1) is 21.5. The Morgan fingerprint density at radius 2 is 2.03 bits per heavy atom. The fourth-order valence-electron chi connectivity index (χ4n) is 3.76. The van der Waals surface area contributed by atoms with Crippen LogP contribution in [0.4, 0.5) is 8.78 Å². The quantitative estimate of drug-likeness (QED) is 0.456. The highest BCUT2D eigenvalue weighted by molar-refractivity contribution is 9.10. The number of likely N-dealkylation sites (tertiary alicyclic amines) is 1. The maximum absolute atomic E-state index is 12.7. The number of ether oxygens (including phenoxy) is 2. The fourth-order valence-corrected chi connectivity index (χ4v) is 4.16. The Morgan fingerprint density at radius 3 is 2.87 bits per heavy atom. The van der Waals surface area contributed by atoms with E-state index in [4.69, 9.17) is 4.74 Å². The van der Waals surface area contributed by atoms with E-state index >= 15 is 0 Å². The molecule has 4 rings (SSSR count). The average Bonchev–Trinajstić information content (AvgIpc) is 3.22. The first-order valence-electron chi connectivity index (χ1n) is 10.0. The molecule has 1 aliphatic rings. The molecule has 0 spiro atoms. The van der Waals surface area contributed by atoms with E-state index in [2.05, 4.69) is 25.7 Å². The third-order valence-electron chi connectivity index (χ3n) is 5.23. The van der Waals surface area contributed by atoms with Gasteiger partial charge in [-0.3, -0.25) is 9.78 Å². The molecule has 1 aliphatic heterocycles. The summed E-state index contributed by atoms with van der Waals surface area (Å²) in [6, 6.07) is 14.5. The molecule has 1 atom stereocenters. The summed E-state index contributed by atoms with van der Waals surface area (Å²) in [5.41, 5.74) is 1.37. The number of fused-ring (bicyclic) bond motifs is 1. The predicted molar refractivity (Wildman–Crippen MR) is 116 cm³/mol. The van der Waals surface area contributed by atoms with Gasteiger partial charge in [-0.2, -0.15) is 8.78 Å². The summed E-state index contributed by atoms with van der Waals surface area (Å²) >= 11 is 3.33. The van der Waals surface area contributed by atoms with Crippen molar-refractivity contribution in [3.63, 3.8) is 0 Å². The summed E-state index contributed by atoms with van der Waals surface area (Å²) in [7, 11) is 0. The molecular formula is C23H21BrF2N2O3. The molecule has 1 fully saturated rings. The van der Waals surface area contributed by atoms with Gasteiger partial charge >= 0.3 is 6.61 Å². The second-order valence-corrected chi connectivity index (χ2v) is 8.25. The van der Waals surface area contributed by atoms with Crippen LogP contribution in [0.3, 0.4) is 0 Å². The second-order valence-electron chi connectivity index (χ2n) is 7.33. The Labute approximate surface area is 187 Å². The summed E-state index contributed by atoms with van der Waals surface area (Å²) in [6.07, 6.45) is 2.87. The van der Waals surface area contributed by atoms with Gasteiger partial charge in [-0.1, -0.05) is 34.1 Å². The van der Waals surface area contributed by atoms with Crippen molar-refractivity contribution < 1.29 is 23.0 Å². The Bertz CT molecular complexity index is 1070.